The third-order valence-electron chi connectivity index (χ3n) is 5.38. The van der Waals surface area contributed by atoms with Crippen molar-refractivity contribution in [1.29, 1.82) is 0 Å². The number of furan rings is 1. The third-order valence-corrected chi connectivity index (χ3v) is 5.38. The number of halogens is 1. The number of aromatic nitrogens is 3. The van der Waals surface area contributed by atoms with Gasteiger partial charge in [0.1, 0.15) is 17.6 Å². The number of allylic oxidation sites excluding steroid dienone is 1. The lowest BCUT2D eigenvalue weighted by atomic mass is 9.95. The van der Waals surface area contributed by atoms with Crippen molar-refractivity contribution in [3.8, 4) is 17.3 Å². The second kappa shape index (κ2) is 8.27. The average molecular weight is 445 g/mol. The van der Waals surface area contributed by atoms with Crippen LogP contribution in [0.1, 0.15) is 18.5 Å². The van der Waals surface area contributed by atoms with Crippen LogP contribution in [-0.2, 0) is 4.79 Å². The average Bonchev–Trinajstić information content (AvgIpc) is 3.49. The van der Waals surface area contributed by atoms with E-state index in [-0.39, 0.29) is 11.7 Å². The van der Waals surface area contributed by atoms with Gasteiger partial charge in [0.25, 0.3) is 5.91 Å². The Bertz CT molecular complexity index is 1340. The van der Waals surface area contributed by atoms with Crippen molar-refractivity contribution < 1.29 is 18.3 Å². The molecule has 0 saturated heterocycles. The highest BCUT2D eigenvalue weighted by Gasteiger charge is 2.35. The molecule has 1 amide bonds. The topological polar surface area (TPSA) is 94.2 Å². The van der Waals surface area contributed by atoms with Crippen molar-refractivity contribution >= 4 is 17.5 Å². The lowest BCUT2D eigenvalue weighted by molar-refractivity contribution is -0.113. The fourth-order valence-corrected chi connectivity index (χ4v) is 3.85. The van der Waals surface area contributed by atoms with E-state index in [9.17, 15) is 9.18 Å². The number of ether oxygens (including phenoxy) is 1. The summed E-state index contributed by atoms with van der Waals surface area (Å²) >= 11 is 0. The molecule has 33 heavy (non-hydrogen) atoms. The molecule has 0 saturated carbocycles. The summed E-state index contributed by atoms with van der Waals surface area (Å²) in [4.78, 5) is 18.1. The summed E-state index contributed by atoms with van der Waals surface area (Å²) in [5, 5.41) is 10.7. The number of fused-ring (bicyclic) bond motifs is 1. The molecule has 8 nitrogen and oxygen atoms in total. The largest absolute Gasteiger partial charge is 0.495 e. The van der Waals surface area contributed by atoms with Crippen LogP contribution < -0.4 is 15.4 Å². The van der Waals surface area contributed by atoms with Gasteiger partial charge in [0.15, 0.2) is 5.76 Å². The first kappa shape index (κ1) is 20.5. The van der Waals surface area contributed by atoms with Gasteiger partial charge < -0.3 is 19.8 Å². The van der Waals surface area contributed by atoms with Crippen LogP contribution in [0.2, 0.25) is 0 Å². The molecule has 0 radical (unpaired) electrons. The molecule has 9 heteroatoms. The number of methoxy groups -OCH3 is 1. The normalized spacial score (nSPS) is 15.1. The van der Waals surface area contributed by atoms with Crippen LogP contribution in [0.15, 0.2) is 82.6 Å². The Labute approximate surface area is 188 Å². The number of nitrogens with zero attached hydrogens (tertiary/aromatic N) is 3. The standard InChI is InChI=1S/C24H20FN5O3/c1-14-20(23(31)27-17-6-3-4-7-18(17)32-2)21(15-9-11-16(25)12-10-15)30-24(26-14)28-22(29-30)19-8-5-13-33-19/h3-13,21H,1-2H3,(H,27,31)(H,26,28,29). The number of carbonyl (C=O) groups is 1. The molecule has 1 aliphatic heterocycles. The zero-order valence-corrected chi connectivity index (χ0v) is 17.9. The van der Waals surface area contributed by atoms with Crippen molar-refractivity contribution in [3.63, 3.8) is 0 Å². The number of hydrogen-bond donors (Lipinski definition) is 2. The van der Waals surface area contributed by atoms with Gasteiger partial charge in [0.05, 0.1) is 24.6 Å². The number of carbonyl (C=O) groups excluding carboxylic acids is 1. The van der Waals surface area contributed by atoms with Gasteiger partial charge in [-0.1, -0.05) is 24.3 Å². The van der Waals surface area contributed by atoms with Crippen LogP contribution >= 0.6 is 0 Å². The van der Waals surface area contributed by atoms with Gasteiger partial charge in [-0.2, -0.15) is 4.98 Å². The molecule has 3 heterocycles. The van der Waals surface area contributed by atoms with Crippen molar-refractivity contribution in [1.82, 2.24) is 14.8 Å². The summed E-state index contributed by atoms with van der Waals surface area (Å²) in [7, 11) is 1.54. The van der Waals surface area contributed by atoms with Crippen molar-refractivity contribution in [3.05, 3.63) is 89.6 Å². The Kier molecular flexibility index (Phi) is 5.14. The molecule has 1 atom stereocenters. The molecule has 0 aliphatic carbocycles. The van der Waals surface area contributed by atoms with E-state index in [0.717, 1.165) is 0 Å². The molecule has 4 aromatic rings. The number of benzene rings is 2. The zero-order chi connectivity index (χ0) is 22.9. The number of rotatable bonds is 5. The molecule has 2 N–H and O–H groups in total. The Hall–Kier alpha value is -4.40. The summed E-state index contributed by atoms with van der Waals surface area (Å²) in [5.74, 6) is 1.13. The highest BCUT2D eigenvalue weighted by molar-refractivity contribution is 6.06. The third kappa shape index (κ3) is 3.73. The first-order valence-corrected chi connectivity index (χ1v) is 10.2. The van der Waals surface area contributed by atoms with E-state index in [4.69, 9.17) is 9.15 Å². The predicted molar refractivity (Wildman–Crippen MR) is 120 cm³/mol. The molecular weight excluding hydrogens is 425 g/mol. The van der Waals surface area contributed by atoms with E-state index < -0.39 is 6.04 Å². The molecular formula is C24H20FN5O3. The van der Waals surface area contributed by atoms with E-state index in [0.29, 0.717) is 45.8 Å². The number of para-hydroxylation sites is 2. The van der Waals surface area contributed by atoms with Gasteiger partial charge in [-0.15, -0.1) is 5.10 Å². The second-order valence-electron chi connectivity index (χ2n) is 7.45. The second-order valence-corrected chi connectivity index (χ2v) is 7.45. The number of nitrogens with one attached hydrogen (secondary N) is 2. The molecule has 1 unspecified atom stereocenters. The Morgan fingerprint density at radius 1 is 1.15 bits per heavy atom. The molecule has 2 aromatic heterocycles. The van der Waals surface area contributed by atoms with Crippen molar-refractivity contribution in [2.45, 2.75) is 13.0 Å². The minimum Gasteiger partial charge on any atom is -0.495 e. The van der Waals surface area contributed by atoms with Crippen LogP contribution in [0.3, 0.4) is 0 Å². The van der Waals surface area contributed by atoms with Crippen molar-refractivity contribution in [2.75, 3.05) is 17.7 Å². The van der Waals surface area contributed by atoms with Crippen LogP contribution in [-0.4, -0.2) is 27.8 Å². The maximum atomic E-state index is 13.7. The number of anilines is 2. The quantitative estimate of drug-likeness (QED) is 0.466. The Morgan fingerprint density at radius 3 is 2.67 bits per heavy atom. The van der Waals surface area contributed by atoms with Gasteiger partial charge >= 0.3 is 0 Å². The minimum absolute atomic E-state index is 0.348. The lowest BCUT2D eigenvalue weighted by Gasteiger charge is -2.28. The zero-order valence-electron chi connectivity index (χ0n) is 17.9. The lowest BCUT2D eigenvalue weighted by Crippen LogP contribution is -2.31. The fourth-order valence-electron chi connectivity index (χ4n) is 3.85. The van der Waals surface area contributed by atoms with Crippen LogP contribution in [0.5, 0.6) is 5.75 Å². The highest BCUT2D eigenvalue weighted by Crippen LogP contribution is 2.37. The van der Waals surface area contributed by atoms with E-state index >= 15 is 0 Å². The summed E-state index contributed by atoms with van der Waals surface area (Å²) in [6.07, 6.45) is 1.54. The number of amides is 1. The van der Waals surface area contributed by atoms with Gasteiger partial charge in [-0.25, -0.2) is 9.07 Å². The van der Waals surface area contributed by atoms with Gasteiger partial charge in [0, 0.05) is 5.70 Å². The SMILES string of the molecule is COc1ccccc1NC(=O)C1=C(C)Nc2nc(-c3ccco3)nn2C1c1ccc(F)cc1. The monoisotopic (exact) mass is 445 g/mol. The molecule has 0 spiro atoms. The first-order chi connectivity index (χ1) is 16.0. The maximum absolute atomic E-state index is 13.7. The molecule has 2 aromatic carbocycles. The van der Waals surface area contributed by atoms with E-state index in [1.54, 1.807) is 54.1 Å². The minimum atomic E-state index is -0.646. The highest BCUT2D eigenvalue weighted by atomic mass is 19.1. The Morgan fingerprint density at radius 2 is 1.94 bits per heavy atom. The van der Waals surface area contributed by atoms with E-state index in [1.807, 2.05) is 6.07 Å². The molecule has 0 bridgehead atoms. The van der Waals surface area contributed by atoms with Gasteiger partial charge in [-0.3, -0.25) is 4.79 Å². The predicted octanol–water partition coefficient (Wildman–Crippen LogP) is 4.61. The fraction of sp³-hybridized carbons (Fsp3) is 0.125. The van der Waals surface area contributed by atoms with E-state index in [1.165, 1.54) is 25.5 Å². The Balaban J connectivity index is 1.60. The van der Waals surface area contributed by atoms with Gasteiger partial charge in [0.2, 0.25) is 11.8 Å². The number of hydrogen-bond acceptors (Lipinski definition) is 6. The molecule has 1 aliphatic rings. The summed E-state index contributed by atoms with van der Waals surface area (Å²) in [5.41, 5.74) is 2.22. The molecule has 5 rings (SSSR count). The first-order valence-electron chi connectivity index (χ1n) is 10.2. The van der Waals surface area contributed by atoms with E-state index in [2.05, 4.69) is 20.7 Å². The van der Waals surface area contributed by atoms with Crippen LogP contribution in [0, 0.1) is 5.82 Å². The molecule has 166 valence electrons. The van der Waals surface area contributed by atoms with Gasteiger partial charge in [-0.05, 0) is 48.9 Å². The van der Waals surface area contributed by atoms with Crippen molar-refractivity contribution in [2.24, 2.45) is 0 Å². The van der Waals surface area contributed by atoms with Crippen LogP contribution in [0.25, 0.3) is 11.6 Å². The summed E-state index contributed by atoms with van der Waals surface area (Å²) in [6, 6.07) is 16.0. The summed E-state index contributed by atoms with van der Waals surface area (Å²) in [6.45, 7) is 1.79. The molecule has 0 fully saturated rings. The smallest absolute Gasteiger partial charge is 0.255 e. The van der Waals surface area contributed by atoms with Crippen LogP contribution in [0.4, 0.5) is 16.0 Å². The summed E-state index contributed by atoms with van der Waals surface area (Å²) < 4.78 is 26.1. The maximum Gasteiger partial charge on any atom is 0.255 e.